The first-order valence-electron chi connectivity index (χ1n) is 13.5. The Hall–Kier alpha value is -3.54. The van der Waals surface area contributed by atoms with Crippen LogP contribution in [0.2, 0.25) is 0 Å². The van der Waals surface area contributed by atoms with Crippen LogP contribution in [0.5, 0.6) is 23.0 Å². The first-order chi connectivity index (χ1) is 19.5. The molecule has 2 aliphatic rings. The van der Waals surface area contributed by atoms with Crippen LogP contribution in [0.1, 0.15) is 17.5 Å². The molecule has 214 valence electrons. The molecule has 2 aromatic carbocycles. The molecule has 3 aromatic rings. The first-order valence-corrected chi connectivity index (χ1v) is 13.9. The predicted octanol–water partition coefficient (Wildman–Crippen LogP) is 2.92. The van der Waals surface area contributed by atoms with Gasteiger partial charge in [0.1, 0.15) is 0 Å². The van der Waals surface area contributed by atoms with Crippen LogP contribution in [0.15, 0.2) is 41.2 Å². The summed E-state index contributed by atoms with van der Waals surface area (Å²) in [6.07, 6.45) is 1.67. The number of hydrogen-bond acceptors (Lipinski definition) is 8. The minimum absolute atomic E-state index is 0.141. The van der Waals surface area contributed by atoms with Gasteiger partial charge in [0.25, 0.3) is 5.56 Å². The second kappa shape index (κ2) is 13.2. The average molecular weight is 569 g/mol. The summed E-state index contributed by atoms with van der Waals surface area (Å²) < 4.78 is 27.2. The molecule has 0 radical (unpaired) electrons. The number of nitrogens with one attached hydrogen (secondary N) is 2. The van der Waals surface area contributed by atoms with Crippen LogP contribution in [0.4, 0.5) is 0 Å². The van der Waals surface area contributed by atoms with Crippen molar-refractivity contribution in [1.29, 1.82) is 0 Å². The van der Waals surface area contributed by atoms with E-state index in [0.29, 0.717) is 52.3 Å². The number of thiocarbonyl (C=S) groups is 1. The molecule has 10 nitrogen and oxygen atoms in total. The lowest BCUT2D eigenvalue weighted by molar-refractivity contribution is 0.0367. The van der Waals surface area contributed by atoms with Gasteiger partial charge in [-0.1, -0.05) is 6.07 Å². The summed E-state index contributed by atoms with van der Waals surface area (Å²) in [5, 5.41) is 4.91. The van der Waals surface area contributed by atoms with Crippen molar-refractivity contribution < 1.29 is 23.7 Å². The van der Waals surface area contributed by atoms with Crippen LogP contribution in [-0.2, 0) is 17.7 Å². The van der Waals surface area contributed by atoms with E-state index >= 15 is 0 Å². The van der Waals surface area contributed by atoms with E-state index in [0.717, 1.165) is 63.2 Å². The third-order valence-corrected chi connectivity index (χ3v) is 7.61. The van der Waals surface area contributed by atoms with Gasteiger partial charge in [-0.05, 0) is 54.9 Å². The Morgan fingerprint density at radius 2 is 1.85 bits per heavy atom. The molecule has 0 unspecified atom stereocenters. The van der Waals surface area contributed by atoms with Gasteiger partial charge >= 0.3 is 0 Å². The molecule has 0 atom stereocenters. The number of ether oxygens (including phenoxy) is 5. The number of H-pyrrole nitrogens is 1. The number of nitrogens with zero attached hydrogens (tertiary/aromatic N) is 2. The van der Waals surface area contributed by atoms with E-state index in [-0.39, 0.29) is 12.4 Å². The van der Waals surface area contributed by atoms with Gasteiger partial charge in [-0.25, -0.2) is 0 Å². The number of hydrogen-bond donors (Lipinski definition) is 2. The molecule has 1 aromatic heterocycles. The molecule has 0 amide bonds. The number of benzene rings is 2. The lowest BCUT2D eigenvalue weighted by Crippen LogP contribution is -2.43. The van der Waals surface area contributed by atoms with Gasteiger partial charge in [-0.3, -0.25) is 9.69 Å². The Morgan fingerprint density at radius 3 is 2.62 bits per heavy atom. The number of methoxy groups -OCH3 is 2. The molecule has 3 heterocycles. The summed E-state index contributed by atoms with van der Waals surface area (Å²) in [4.78, 5) is 20.5. The Kier molecular flexibility index (Phi) is 9.25. The number of pyridine rings is 1. The van der Waals surface area contributed by atoms with Crippen LogP contribution in [0, 0.1) is 0 Å². The zero-order valence-corrected chi connectivity index (χ0v) is 23.8. The van der Waals surface area contributed by atoms with E-state index < -0.39 is 0 Å². The van der Waals surface area contributed by atoms with E-state index in [1.165, 1.54) is 0 Å². The number of aromatic amines is 1. The normalized spacial score (nSPS) is 14.8. The standard InChI is InChI=1S/C29H36N4O6S/c1-35-24-5-4-20(14-25(24)36-2)6-7-30-29(40)33(9-3-8-32-10-12-37-13-11-32)18-22-15-21-16-26-27(39-19-38-26)17-23(21)31-28(22)34/h4-5,14-17H,3,6-13,18-19H2,1-2H3,(H,30,40)(H,31,34). The highest BCUT2D eigenvalue weighted by Gasteiger charge is 2.18. The fraction of sp³-hybridized carbons (Fsp3) is 0.448. The topological polar surface area (TPSA) is 97.5 Å². The summed E-state index contributed by atoms with van der Waals surface area (Å²) in [5.74, 6) is 2.72. The van der Waals surface area contributed by atoms with E-state index in [4.69, 9.17) is 35.9 Å². The van der Waals surface area contributed by atoms with Gasteiger partial charge in [0.2, 0.25) is 6.79 Å². The highest BCUT2D eigenvalue weighted by Crippen LogP contribution is 2.35. The van der Waals surface area contributed by atoms with E-state index in [2.05, 4.69) is 20.1 Å². The molecular weight excluding hydrogens is 532 g/mol. The second-order valence-corrected chi connectivity index (χ2v) is 10.2. The number of fused-ring (bicyclic) bond motifs is 2. The Morgan fingerprint density at radius 1 is 1.07 bits per heavy atom. The summed E-state index contributed by atoms with van der Waals surface area (Å²) in [5.41, 5.74) is 2.32. The Labute approximate surface area is 239 Å². The summed E-state index contributed by atoms with van der Waals surface area (Å²) in [6.45, 7) is 6.31. The number of rotatable bonds is 11. The molecule has 11 heteroatoms. The predicted molar refractivity (Wildman–Crippen MR) is 157 cm³/mol. The maximum Gasteiger partial charge on any atom is 0.253 e. The van der Waals surface area contributed by atoms with Crippen LogP contribution in [0.25, 0.3) is 10.9 Å². The fourth-order valence-corrected chi connectivity index (χ4v) is 5.25. The quantitative estimate of drug-likeness (QED) is 0.336. The summed E-state index contributed by atoms with van der Waals surface area (Å²) in [7, 11) is 3.26. The van der Waals surface area contributed by atoms with Crippen molar-refractivity contribution in [2.24, 2.45) is 0 Å². The molecule has 0 bridgehead atoms. The third-order valence-electron chi connectivity index (χ3n) is 7.21. The maximum absolute atomic E-state index is 13.1. The average Bonchev–Trinajstić information content (AvgIpc) is 3.43. The van der Waals surface area contributed by atoms with Crippen LogP contribution in [0.3, 0.4) is 0 Å². The number of morpholine rings is 1. The van der Waals surface area contributed by atoms with Crippen molar-refractivity contribution in [3.63, 3.8) is 0 Å². The molecule has 40 heavy (non-hydrogen) atoms. The van der Waals surface area contributed by atoms with E-state index in [1.807, 2.05) is 36.4 Å². The van der Waals surface area contributed by atoms with Crippen LogP contribution < -0.4 is 29.8 Å². The molecule has 0 saturated carbocycles. The van der Waals surface area contributed by atoms with E-state index in [9.17, 15) is 4.79 Å². The summed E-state index contributed by atoms with van der Waals surface area (Å²) >= 11 is 5.84. The molecule has 1 fully saturated rings. The van der Waals surface area contributed by atoms with Crippen molar-refractivity contribution >= 4 is 28.2 Å². The Balaban J connectivity index is 1.27. The molecular formula is C29H36N4O6S. The second-order valence-electron chi connectivity index (χ2n) is 9.82. The van der Waals surface area contributed by atoms with Crippen molar-refractivity contribution in [2.75, 3.05) is 67.0 Å². The SMILES string of the molecule is COc1ccc(CCNC(=S)N(CCCN2CCOCC2)Cc2cc3cc4c(cc3[nH]c2=O)OCO4)cc1OC. The lowest BCUT2D eigenvalue weighted by atomic mass is 10.1. The van der Waals surface area contributed by atoms with Gasteiger partial charge in [0, 0.05) is 49.7 Å². The van der Waals surface area contributed by atoms with Gasteiger partial charge < -0.3 is 38.9 Å². The largest absolute Gasteiger partial charge is 0.493 e. The highest BCUT2D eigenvalue weighted by molar-refractivity contribution is 7.80. The fourth-order valence-electron chi connectivity index (χ4n) is 4.99. The Bertz CT molecular complexity index is 1390. The highest BCUT2D eigenvalue weighted by atomic mass is 32.1. The van der Waals surface area contributed by atoms with E-state index in [1.54, 1.807) is 14.2 Å². The van der Waals surface area contributed by atoms with Crippen molar-refractivity contribution in [3.8, 4) is 23.0 Å². The minimum Gasteiger partial charge on any atom is -0.493 e. The maximum atomic E-state index is 13.1. The smallest absolute Gasteiger partial charge is 0.253 e. The zero-order chi connectivity index (χ0) is 27.9. The van der Waals surface area contributed by atoms with Crippen molar-refractivity contribution in [2.45, 2.75) is 19.4 Å². The number of aromatic nitrogens is 1. The van der Waals surface area contributed by atoms with Crippen molar-refractivity contribution in [3.05, 3.63) is 57.9 Å². The first kappa shape index (κ1) is 28.0. The molecule has 1 saturated heterocycles. The van der Waals surface area contributed by atoms with Gasteiger partial charge in [-0.15, -0.1) is 0 Å². The van der Waals surface area contributed by atoms with Gasteiger partial charge in [0.15, 0.2) is 28.1 Å². The summed E-state index contributed by atoms with van der Waals surface area (Å²) in [6, 6.07) is 11.5. The minimum atomic E-state index is -0.141. The lowest BCUT2D eigenvalue weighted by Gasteiger charge is -2.29. The van der Waals surface area contributed by atoms with Crippen LogP contribution >= 0.6 is 12.2 Å². The molecule has 0 aliphatic carbocycles. The molecule has 2 aliphatic heterocycles. The van der Waals surface area contributed by atoms with Gasteiger partial charge in [0.05, 0.1) is 39.5 Å². The third kappa shape index (κ3) is 6.78. The van der Waals surface area contributed by atoms with Gasteiger partial charge in [-0.2, -0.15) is 0 Å². The monoisotopic (exact) mass is 568 g/mol. The van der Waals surface area contributed by atoms with Crippen molar-refractivity contribution in [1.82, 2.24) is 20.1 Å². The zero-order valence-electron chi connectivity index (χ0n) is 23.0. The van der Waals surface area contributed by atoms with Crippen LogP contribution in [-0.4, -0.2) is 86.8 Å². The molecule has 5 rings (SSSR count). The molecule has 0 spiro atoms. The molecule has 2 N–H and O–H groups in total.